The van der Waals surface area contributed by atoms with Crippen LogP contribution >= 0.6 is 15.9 Å². The van der Waals surface area contributed by atoms with Crippen molar-refractivity contribution in [3.05, 3.63) is 116 Å². The molecular weight excluding hydrogens is 856 g/mol. The minimum absolute atomic E-state index is 0.0133. The number of aromatic nitrogens is 2. The highest BCUT2D eigenvalue weighted by Gasteiger charge is 2.42. The van der Waals surface area contributed by atoms with Gasteiger partial charge in [-0.2, -0.15) is 5.10 Å². The van der Waals surface area contributed by atoms with Crippen molar-refractivity contribution in [1.82, 2.24) is 29.8 Å². The molecule has 2 aliphatic heterocycles. The van der Waals surface area contributed by atoms with Crippen LogP contribution in [0.3, 0.4) is 0 Å². The van der Waals surface area contributed by atoms with E-state index in [4.69, 9.17) is 4.74 Å². The molecule has 328 valence electrons. The Morgan fingerprint density at radius 1 is 0.952 bits per heavy atom. The van der Waals surface area contributed by atoms with Gasteiger partial charge in [0.25, 0.3) is 23.3 Å². The van der Waals surface area contributed by atoms with Crippen molar-refractivity contribution in [2.24, 2.45) is 7.05 Å². The van der Waals surface area contributed by atoms with Crippen LogP contribution in [-0.4, -0.2) is 127 Å². The maximum Gasteiger partial charge on any atom is 0.282 e. The highest BCUT2D eigenvalue weighted by atomic mass is 79.9. The summed E-state index contributed by atoms with van der Waals surface area (Å²) in [4.78, 5) is 82.6. The summed E-state index contributed by atoms with van der Waals surface area (Å²) < 4.78 is 7.71. The molecule has 1 aromatic heterocycles. The summed E-state index contributed by atoms with van der Waals surface area (Å²) in [6, 6.07) is 20.1. The van der Waals surface area contributed by atoms with E-state index in [1.807, 2.05) is 26.2 Å². The number of ether oxygens (including phenoxy) is 1. The van der Waals surface area contributed by atoms with Crippen molar-refractivity contribution in [2.75, 3.05) is 71.2 Å². The fraction of sp³-hybridized carbons (Fsp3) is 0.413. The molecule has 3 atom stereocenters. The number of likely N-dealkylation sites (tertiary alicyclic amines) is 1. The van der Waals surface area contributed by atoms with Gasteiger partial charge >= 0.3 is 0 Å². The number of carbonyl (C=O) groups excluding carboxylic acids is 5. The number of piperidine rings is 1. The van der Waals surface area contributed by atoms with E-state index in [0.29, 0.717) is 40.9 Å². The van der Waals surface area contributed by atoms with Crippen LogP contribution < -0.4 is 25.8 Å². The lowest BCUT2D eigenvalue weighted by molar-refractivity contribution is -0.124. The third-order valence-electron chi connectivity index (χ3n) is 11.6. The second-order valence-corrected chi connectivity index (χ2v) is 16.9. The smallest absolute Gasteiger partial charge is 0.282 e. The number of hydrogen-bond acceptors (Lipinski definition) is 11. The molecule has 6 rings (SSSR count). The first-order valence-electron chi connectivity index (χ1n) is 20.9. The second kappa shape index (κ2) is 20.8. The Morgan fingerprint density at radius 2 is 1.68 bits per heavy atom. The number of amides is 4. The summed E-state index contributed by atoms with van der Waals surface area (Å²) in [6.45, 7) is 3.52. The molecule has 0 bridgehead atoms. The molecule has 3 heterocycles. The highest BCUT2D eigenvalue weighted by Crippen LogP contribution is 2.31. The van der Waals surface area contributed by atoms with Gasteiger partial charge in [-0.25, -0.2) is 4.68 Å². The fourth-order valence-corrected chi connectivity index (χ4v) is 8.63. The zero-order valence-corrected chi connectivity index (χ0v) is 37.5. The number of aldehydes is 1. The van der Waals surface area contributed by atoms with Gasteiger partial charge in [-0.05, 0) is 115 Å². The van der Waals surface area contributed by atoms with Crippen molar-refractivity contribution >= 4 is 57.2 Å². The number of fused-ring (bicyclic) bond motifs is 1. The molecule has 1 fully saturated rings. The van der Waals surface area contributed by atoms with E-state index in [1.165, 1.54) is 29.4 Å². The van der Waals surface area contributed by atoms with Crippen molar-refractivity contribution < 1.29 is 28.7 Å². The maximum atomic E-state index is 13.4. The third kappa shape index (κ3) is 10.8. The predicted molar refractivity (Wildman–Crippen MR) is 241 cm³/mol. The molecule has 4 amide bonds. The maximum absolute atomic E-state index is 13.4. The van der Waals surface area contributed by atoms with Gasteiger partial charge in [0, 0.05) is 78.1 Å². The SMILES string of the molecule is CNC(=O)C(CCC=O)N1C(=O)c2ccc(OCCCc3ccc(N(C)CCCN(C)C(=O)c4ccc(C5CC(Nc6cnn(C)c(=O)c6Br)CN(C)C5)cc4)cc3)cc2C1=O. The molecule has 15 nitrogen and oxygen atoms in total. The standard InChI is InChI=1S/C46H55BrN8O7/c1-48-42(57)40(10-6-23-56)55-44(59)37-20-19-36(26-38(37)45(55)60)62-24-7-9-30-11-17-35(18-12-30)52(3)21-8-22-53(4)43(58)32-15-13-31(14-16-32)33-25-34(29-51(2)28-33)50-39-27-49-54(5)46(61)41(39)47/h11-20,23,26-27,33-34,40,50H,6-10,21-22,24-25,28-29H2,1-5H3,(H,48,57). The van der Waals surface area contributed by atoms with Crippen LogP contribution in [0, 0.1) is 0 Å². The van der Waals surface area contributed by atoms with Crippen LogP contribution in [0.5, 0.6) is 5.75 Å². The number of anilines is 2. The molecule has 2 aliphatic rings. The number of likely N-dealkylation sites (N-methyl/N-ethyl adjacent to an activating group) is 2. The molecule has 0 radical (unpaired) electrons. The quantitative estimate of drug-likeness (QED) is 0.0759. The van der Waals surface area contributed by atoms with E-state index in [1.54, 1.807) is 24.2 Å². The summed E-state index contributed by atoms with van der Waals surface area (Å²) in [7, 11) is 9.02. The van der Waals surface area contributed by atoms with Crippen LogP contribution in [0.25, 0.3) is 0 Å². The number of nitrogens with one attached hydrogen (secondary N) is 2. The highest BCUT2D eigenvalue weighted by molar-refractivity contribution is 9.10. The van der Waals surface area contributed by atoms with E-state index in [9.17, 15) is 28.8 Å². The molecular formula is C46H55BrN8O7. The Morgan fingerprint density at radius 3 is 2.39 bits per heavy atom. The van der Waals surface area contributed by atoms with Gasteiger partial charge in [0.1, 0.15) is 22.6 Å². The van der Waals surface area contributed by atoms with Crippen molar-refractivity contribution in [1.29, 1.82) is 0 Å². The van der Waals surface area contributed by atoms with Gasteiger partial charge in [-0.15, -0.1) is 0 Å². The summed E-state index contributed by atoms with van der Waals surface area (Å²) in [5.74, 6) is -0.942. The van der Waals surface area contributed by atoms with Crippen LogP contribution in [0.2, 0.25) is 0 Å². The Kier molecular flexibility index (Phi) is 15.3. The third-order valence-corrected chi connectivity index (χ3v) is 12.4. The number of aryl methyl sites for hydroxylation is 2. The number of carbonyl (C=O) groups is 5. The predicted octanol–water partition coefficient (Wildman–Crippen LogP) is 4.74. The van der Waals surface area contributed by atoms with Gasteiger partial charge in [0.2, 0.25) is 5.91 Å². The number of rotatable bonds is 19. The lowest BCUT2D eigenvalue weighted by Crippen LogP contribution is -2.48. The minimum Gasteiger partial charge on any atom is -0.494 e. The molecule has 3 unspecified atom stereocenters. The summed E-state index contributed by atoms with van der Waals surface area (Å²) in [5.41, 5.74) is 4.94. The van der Waals surface area contributed by atoms with Crippen LogP contribution in [0.15, 0.2) is 82.2 Å². The summed E-state index contributed by atoms with van der Waals surface area (Å²) in [5, 5.41) is 10.1. The zero-order chi connectivity index (χ0) is 44.5. The van der Waals surface area contributed by atoms with Gasteiger partial charge < -0.3 is 34.9 Å². The lowest BCUT2D eigenvalue weighted by atomic mass is 9.87. The molecule has 4 aromatic rings. The molecule has 0 spiro atoms. The number of imide groups is 1. The van der Waals surface area contributed by atoms with E-state index in [2.05, 4.69) is 84.9 Å². The summed E-state index contributed by atoms with van der Waals surface area (Å²) >= 11 is 3.42. The zero-order valence-electron chi connectivity index (χ0n) is 35.9. The van der Waals surface area contributed by atoms with Crippen LogP contribution in [0.4, 0.5) is 11.4 Å². The summed E-state index contributed by atoms with van der Waals surface area (Å²) in [6.07, 6.45) is 5.61. The first-order valence-corrected chi connectivity index (χ1v) is 21.7. The molecule has 16 heteroatoms. The van der Waals surface area contributed by atoms with Gasteiger partial charge in [-0.3, -0.25) is 28.9 Å². The van der Waals surface area contributed by atoms with E-state index < -0.39 is 23.8 Å². The number of nitrogens with zero attached hydrogens (tertiary/aromatic N) is 6. The molecule has 62 heavy (non-hydrogen) atoms. The lowest BCUT2D eigenvalue weighted by Gasteiger charge is -2.37. The van der Waals surface area contributed by atoms with Crippen molar-refractivity contribution in [3.63, 3.8) is 0 Å². The van der Waals surface area contributed by atoms with Crippen LogP contribution in [-0.2, 0) is 23.1 Å². The molecule has 0 aliphatic carbocycles. The average molecular weight is 912 g/mol. The Bertz CT molecular complexity index is 2320. The Hall–Kier alpha value is -5.87. The van der Waals surface area contributed by atoms with E-state index in [0.717, 1.165) is 61.5 Å². The number of benzene rings is 3. The normalized spacial score (nSPS) is 16.7. The Labute approximate surface area is 370 Å². The Balaban J connectivity index is 0.917. The molecule has 3 aromatic carbocycles. The van der Waals surface area contributed by atoms with Crippen molar-refractivity contribution in [2.45, 2.75) is 56.5 Å². The van der Waals surface area contributed by atoms with Gasteiger partial charge in [0.15, 0.2) is 0 Å². The first-order chi connectivity index (χ1) is 29.8. The largest absolute Gasteiger partial charge is 0.494 e. The van der Waals surface area contributed by atoms with E-state index >= 15 is 0 Å². The second-order valence-electron chi connectivity index (χ2n) is 16.1. The molecule has 0 saturated carbocycles. The van der Waals surface area contributed by atoms with Crippen LogP contribution in [0.1, 0.15) is 80.2 Å². The number of halogens is 1. The van der Waals surface area contributed by atoms with E-state index in [-0.39, 0.29) is 47.4 Å². The van der Waals surface area contributed by atoms with Gasteiger partial charge in [0.05, 0.1) is 29.6 Å². The monoisotopic (exact) mass is 910 g/mol. The minimum atomic E-state index is -1.07. The van der Waals surface area contributed by atoms with Crippen molar-refractivity contribution in [3.8, 4) is 5.75 Å². The first kappa shape index (κ1) is 45.7. The fourth-order valence-electron chi connectivity index (χ4n) is 8.16. The van der Waals surface area contributed by atoms with Gasteiger partial charge in [-0.1, -0.05) is 24.3 Å². The number of hydrogen-bond donors (Lipinski definition) is 2. The average Bonchev–Trinajstić information content (AvgIpc) is 3.52. The molecule has 1 saturated heterocycles. The topological polar surface area (TPSA) is 166 Å². The molecule has 2 N–H and O–H groups in total.